The lowest BCUT2D eigenvalue weighted by Crippen LogP contribution is -3.11. The van der Waals surface area contributed by atoms with Crippen molar-refractivity contribution in [1.82, 2.24) is 0 Å². The van der Waals surface area contributed by atoms with Crippen LogP contribution in [0, 0.1) is 12.7 Å². The van der Waals surface area contributed by atoms with Crippen LogP contribution in [0.15, 0.2) is 42.5 Å². The van der Waals surface area contributed by atoms with Crippen LogP contribution < -0.4 is 20.4 Å². The van der Waals surface area contributed by atoms with E-state index < -0.39 is 5.82 Å². The summed E-state index contributed by atoms with van der Waals surface area (Å²) in [5, 5.41) is 5.40. The molecular formula is C22H28FN4O3+. The Morgan fingerprint density at radius 1 is 1.03 bits per heavy atom. The molecule has 7 nitrogen and oxygen atoms in total. The van der Waals surface area contributed by atoms with E-state index in [0.717, 1.165) is 37.6 Å². The minimum atomic E-state index is -0.473. The molecule has 1 atom stereocenters. The third-order valence-electron chi connectivity index (χ3n) is 4.85. The van der Waals surface area contributed by atoms with E-state index in [0.29, 0.717) is 10.6 Å². The van der Waals surface area contributed by atoms with Crippen LogP contribution in [-0.2, 0) is 14.3 Å². The number of quaternary nitrogens is 1. The molecule has 0 saturated carbocycles. The summed E-state index contributed by atoms with van der Waals surface area (Å²) >= 11 is 0. The molecule has 2 aromatic carbocycles. The van der Waals surface area contributed by atoms with Gasteiger partial charge in [0, 0.05) is 24.5 Å². The van der Waals surface area contributed by atoms with Gasteiger partial charge in [0.15, 0.2) is 13.1 Å². The van der Waals surface area contributed by atoms with Gasteiger partial charge in [-0.25, -0.2) is 4.39 Å². The zero-order valence-electron chi connectivity index (χ0n) is 17.3. The second kappa shape index (κ2) is 10.2. The molecule has 0 aliphatic carbocycles. The molecule has 3 N–H and O–H groups in total. The Balaban J connectivity index is 1.45. The Morgan fingerprint density at radius 3 is 2.30 bits per heavy atom. The maximum absolute atomic E-state index is 13.9. The predicted octanol–water partition coefficient (Wildman–Crippen LogP) is 1.06. The first-order chi connectivity index (χ1) is 14.4. The number of nitrogens with zero attached hydrogens (tertiary/aromatic N) is 1. The quantitative estimate of drug-likeness (QED) is 0.632. The topological polar surface area (TPSA) is 75.1 Å². The molecule has 1 saturated heterocycles. The van der Waals surface area contributed by atoms with Gasteiger partial charge in [-0.3, -0.25) is 9.59 Å². The van der Waals surface area contributed by atoms with Crippen LogP contribution in [0.4, 0.5) is 21.5 Å². The third kappa shape index (κ3) is 6.27. The third-order valence-corrected chi connectivity index (χ3v) is 4.85. The molecule has 0 spiro atoms. The fourth-order valence-corrected chi connectivity index (χ4v) is 3.31. The van der Waals surface area contributed by atoms with Gasteiger partial charge >= 0.3 is 0 Å². The van der Waals surface area contributed by atoms with E-state index in [1.165, 1.54) is 12.1 Å². The highest BCUT2D eigenvalue weighted by atomic mass is 19.1. The van der Waals surface area contributed by atoms with Gasteiger partial charge in [-0.2, -0.15) is 0 Å². The monoisotopic (exact) mass is 415 g/mol. The maximum atomic E-state index is 13.9. The number of halogens is 1. The first-order valence-electron chi connectivity index (χ1n) is 10.0. The van der Waals surface area contributed by atoms with Crippen molar-refractivity contribution in [1.29, 1.82) is 0 Å². The number of aryl methyl sites for hydroxylation is 1. The summed E-state index contributed by atoms with van der Waals surface area (Å²) in [7, 11) is 1.74. The Bertz CT molecular complexity index is 882. The Morgan fingerprint density at radius 2 is 1.67 bits per heavy atom. The van der Waals surface area contributed by atoms with E-state index >= 15 is 0 Å². The summed E-state index contributed by atoms with van der Waals surface area (Å²) in [4.78, 5) is 27.4. The second-order valence-corrected chi connectivity index (χ2v) is 7.54. The van der Waals surface area contributed by atoms with E-state index in [9.17, 15) is 14.0 Å². The lowest BCUT2D eigenvalue weighted by atomic mass is 10.2. The highest BCUT2D eigenvalue weighted by Crippen LogP contribution is 2.19. The van der Waals surface area contributed by atoms with E-state index in [1.807, 2.05) is 24.3 Å². The van der Waals surface area contributed by atoms with Gasteiger partial charge < -0.3 is 25.2 Å². The highest BCUT2D eigenvalue weighted by Gasteiger charge is 2.16. The number of hydrogen-bond donors (Lipinski definition) is 3. The molecule has 2 aromatic rings. The number of morpholine rings is 1. The molecule has 2 amide bonds. The highest BCUT2D eigenvalue weighted by molar-refractivity contribution is 5.93. The van der Waals surface area contributed by atoms with Crippen LogP contribution in [0.2, 0.25) is 0 Å². The molecule has 0 radical (unpaired) electrons. The van der Waals surface area contributed by atoms with Crippen LogP contribution >= 0.6 is 0 Å². The lowest BCUT2D eigenvalue weighted by molar-refractivity contribution is -0.862. The molecule has 3 rings (SSSR count). The number of carbonyl (C=O) groups excluding carboxylic acids is 2. The number of likely N-dealkylation sites (N-methyl/N-ethyl adjacent to an activating group) is 1. The molecule has 1 aliphatic rings. The van der Waals surface area contributed by atoms with E-state index in [4.69, 9.17) is 4.74 Å². The number of anilines is 3. The van der Waals surface area contributed by atoms with Crippen molar-refractivity contribution in [2.75, 3.05) is 62.0 Å². The molecule has 8 heteroatoms. The normalized spacial score (nSPS) is 14.8. The van der Waals surface area contributed by atoms with Crippen LogP contribution in [0.3, 0.4) is 0 Å². The maximum Gasteiger partial charge on any atom is 0.279 e. The van der Waals surface area contributed by atoms with Gasteiger partial charge in [0.2, 0.25) is 0 Å². The van der Waals surface area contributed by atoms with Crippen molar-refractivity contribution in [2.45, 2.75) is 6.92 Å². The van der Waals surface area contributed by atoms with Gasteiger partial charge in [0.25, 0.3) is 11.8 Å². The summed E-state index contributed by atoms with van der Waals surface area (Å²) in [6.45, 7) is 5.10. The number of amides is 2. The molecule has 30 heavy (non-hydrogen) atoms. The summed E-state index contributed by atoms with van der Waals surface area (Å²) in [6.07, 6.45) is 0. The first kappa shape index (κ1) is 21.7. The van der Waals surface area contributed by atoms with E-state index in [1.54, 1.807) is 20.0 Å². The molecule has 0 bridgehead atoms. The van der Waals surface area contributed by atoms with Crippen molar-refractivity contribution in [3.05, 3.63) is 53.8 Å². The van der Waals surface area contributed by atoms with Crippen LogP contribution in [0.1, 0.15) is 5.56 Å². The Labute approximate surface area is 175 Å². The summed E-state index contributed by atoms with van der Waals surface area (Å²) < 4.78 is 19.2. The fourth-order valence-electron chi connectivity index (χ4n) is 3.31. The van der Waals surface area contributed by atoms with Crippen molar-refractivity contribution in [3.8, 4) is 0 Å². The molecule has 1 heterocycles. The molecule has 160 valence electrons. The Kier molecular flexibility index (Phi) is 7.37. The molecule has 1 fully saturated rings. The zero-order chi connectivity index (χ0) is 21.5. The minimum Gasteiger partial charge on any atom is -0.378 e. The van der Waals surface area contributed by atoms with Gasteiger partial charge in [0.05, 0.1) is 25.9 Å². The summed E-state index contributed by atoms with van der Waals surface area (Å²) in [5.74, 6) is -1.02. The average molecular weight is 415 g/mol. The van der Waals surface area contributed by atoms with E-state index in [2.05, 4.69) is 15.5 Å². The molecule has 1 aliphatic heterocycles. The molecule has 1 unspecified atom stereocenters. The standard InChI is InChI=1S/C22H27FN4O3/c1-16-3-8-20(19(23)13-16)25-22(29)15-26(2)14-21(28)24-17-4-6-18(7-5-17)27-9-11-30-12-10-27/h3-8,13H,9-12,14-15H2,1-2H3,(H,24,28)(H,25,29)/p+1. The summed E-state index contributed by atoms with van der Waals surface area (Å²) in [5.41, 5.74) is 2.72. The van der Waals surface area contributed by atoms with Crippen LogP contribution in [0.5, 0.6) is 0 Å². The number of carbonyl (C=O) groups is 2. The zero-order valence-corrected chi connectivity index (χ0v) is 17.3. The van der Waals surface area contributed by atoms with Crippen LogP contribution in [0.25, 0.3) is 0 Å². The lowest BCUT2D eigenvalue weighted by Gasteiger charge is -2.28. The average Bonchev–Trinajstić information content (AvgIpc) is 2.71. The second-order valence-electron chi connectivity index (χ2n) is 7.54. The summed E-state index contributed by atoms with van der Waals surface area (Å²) in [6, 6.07) is 12.3. The van der Waals surface area contributed by atoms with Crippen LogP contribution in [-0.4, -0.2) is 58.3 Å². The minimum absolute atomic E-state index is 0.0523. The largest absolute Gasteiger partial charge is 0.378 e. The number of ether oxygens (including phenoxy) is 1. The van der Waals surface area contributed by atoms with Gasteiger partial charge in [-0.05, 0) is 48.9 Å². The number of rotatable bonds is 7. The molecule has 0 aromatic heterocycles. The number of hydrogen-bond acceptors (Lipinski definition) is 4. The number of benzene rings is 2. The first-order valence-corrected chi connectivity index (χ1v) is 10.0. The SMILES string of the molecule is Cc1ccc(NC(=O)C[NH+](C)CC(=O)Nc2ccc(N3CCOCC3)cc2)c(F)c1. The van der Waals surface area contributed by atoms with Gasteiger partial charge in [-0.15, -0.1) is 0 Å². The van der Waals surface area contributed by atoms with Gasteiger partial charge in [0.1, 0.15) is 5.82 Å². The van der Waals surface area contributed by atoms with Gasteiger partial charge in [-0.1, -0.05) is 6.07 Å². The molecular weight excluding hydrogens is 387 g/mol. The smallest absolute Gasteiger partial charge is 0.279 e. The predicted molar refractivity (Wildman–Crippen MR) is 114 cm³/mol. The van der Waals surface area contributed by atoms with E-state index in [-0.39, 0.29) is 30.6 Å². The van der Waals surface area contributed by atoms with Crippen molar-refractivity contribution in [3.63, 3.8) is 0 Å². The Hall–Kier alpha value is -2.97. The van der Waals surface area contributed by atoms with Crippen molar-refractivity contribution >= 4 is 28.9 Å². The number of nitrogens with one attached hydrogen (secondary N) is 3. The van der Waals surface area contributed by atoms with Crippen molar-refractivity contribution in [2.24, 2.45) is 0 Å². The van der Waals surface area contributed by atoms with Crippen molar-refractivity contribution < 1.29 is 23.6 Å². The fraction of sp³-hybridized carbons (Fsp3) is 0.364.